The molecule has 8 rings (SSSR count). The zero-order valence-corrected chi connectivity index (χ0v) is 17.2. The number of halogens is 1. The molecule has 1 unspecified atom stereocenters. The Hall–Kier alpha value is -2.70. The van der Waals surface area contributed by atoms with Crippen molar-refractivity contribution in [2.75, 3.05) is 26.4 Å². The molecule has 0 spiro atoms. The van der Waals surface area contributed by atoms with Crippen LogP contribution in [0.1, 0.15) is 24.3 Å². The second-order valence-corrected chi connectivity index (χ2v) is 8.41. The van der Waals surface area contributed by atoms with Crippen LogP contribution in [0.25, 0.3) is 33.5 Å². The Morgan fingerprint density at radius 2 is 1.90 bits per heavy atom. The molecule has 2 aromatic heterocycles. The number of aromatic amines is 1. The summed E-state index contributed by atoms with van der Waals surface area (Å²) in [5, 5.41) is 1.22. The highest BCUT2D eigenvalue weighted by molar-refractivity contribution is 6.05. The van der Waals surface area contributed by atoms with Gasteiger partial charge >= 0.3 is 0 Å². The topological polar surface area (TPSA) is 63.5 Å². The number of piperidine rings is 3. The van der Waals surface area contributed by atoms with Crippen molar-refractivity contribution in [1.82, 2.24) is 14.9 Å². The van der Waals surface area contributed by atoms with Gasteiger partial charge in [0.15, 0.2) is 17.1 Å². The lowest BCUT2D eigenvalue weighted by Gasteiger charge is -2.44. The molecular formula is C23H22ClN3O3. The Labute approximate surface area is 179 Å². The van der Waals surface area contributed by atoms with Crippen LogP contribution >= 0.6 is 12.4 Å². The summed E-state index contributed by atoms with van der Waals surface area (Å²) in [6.45, 7) is 3.91. The Balaban J connectivity index is 0.00000175. The van der Waals surface area contributed by atoms with E-state index in [9.17, 15) is 0 Å². The molecule has 1 N–H and O–H groups in total. The summed E-state index contributed by atoms with van der Waals surface area (Å²) in [7, 11) is 0. The van der Waals surface area contributed by atoms with E-state index in [-0.39, 0.29) is 19.2 Å². The van der Waals surface area contributed by atoms with E-state index < -0.39 is 0 Å². The number of H-pyrrole nitrogens is 1. The lowest BCUT2D eigenvalue weighted by molar-refractivity contribution is 0.0877. The summed E-state index contributed by atoms with van der Waals surface area (Å²) in [5.41, 5.74) is 5.20. The van der Waals surface area contributed by atoms with Gasteiger partial charge in [-0.05, 0) is 67.7 Å². The predicted octanol–water partition coefficient (Wildman–Crippen LogP) is 4.94. The van der Waals surface area contributed by atoms with E-state index in [1.54, 1.807) is 0 Å². The van der Waals surface area contributed by atoms with Crippen LogP contribution in [0.5, 0.6) is 11.5 Å². The third-order valence-corrected chi connectivity index (χ3v) is 6.91. The van der Waals surface area contributed by atoms with Crippen molar-refractivity contribution in [2.45, 2.75) is 18.8 Å². The van der Waals surface area contributed by atoms with Gasteiger partial charge in [0.2, 0.25) is 12.7 Å². The number of hydrogen-bond acceptors (Lipinski definition) is 5. The van der Waals surface area contributed by atoms with Crippen LogP contribution in [0.2, 0.25) is 0 Å². The maximum Gasteiger partial charge on any atom is 0.231 e. The summed E-state index contributed by atoms with van der Waals surface area (Å²) < 4.78 is 17.1. The Bertz CT molecular complexity index is 1260. The Morgan fingerprint density at radius 1 is 1.03 bits per heavy atom. The van der Waals surface area contributed by atoms with Crippen LogP contribution in [-0.2, 0) is 0 Å². The van der Waals surface area contributed by atoms with Crippen LogP contribution in [0, 0.1) is 5.92 Å². The zero-order valence-electron chi connectivity index (χ0n) is 16.4. The molecule has 0 saturated carbocycles. The van der Waals surface area contributed by atoms with Crippen LogP contribution in [0.15, 0.2) is 40.9 Å². The van der Waals surface area contributed by atoms with E-state index >= 15 is 0 Å². The number of hydrogen-bond donors (Lipinski definition) is 1. The maximum atomic E-state index is 6.16. The van der Waals surface area contributed by atoms with Gasteiger partial charge < -0.3 is 23.8 Å². The molecule has 4 aliphatic rings. The monoisotopic (exact) mass is 423 g/mol. The first-order valence-corrected chi connectivity index (χ1v) is 10.4. The van der Waals surface area contributed by atoms with Gasteiger partial charge in [-0.2, -0.15) is 0 Å². The molecule has 1 atom stereocenters. The van der Waals surface area contributed by atoms with E-state index in [0.717, 1.165) is 46.1 Å². The highest BCUT2D eigenvalue weighted by Gasteiger charge is 2.36. The largest absolute Gasteiger partial charge is 0.454 e. The van der Waals surface area contributed by atoms with Gasteiger partial charge in [0, 0.05) is 35.1 Å². The molecule has 0 radical (unpaired) electrons. The van der Waals surface area contributed by atoms with Gasteiger partial charge in [-0.25, -0.2) is 4.98 Å². The van der Waals surface area contributed by atoms with E-state index in [4.69, 9.17) is 18.9 Å². The first-order chi connectivity index (χ1) is 14.3. The van der Waals surface area contributed by atoms with Crippen LogP contribution in [0.3, 0.4) is 0 Å². The summed E-state index contributed by atoms with van der Waals surface area (Å²) in [6, 6.07) is 9.95. The van der Waals surface area contributed by atoms with Crippen LogP contribution < -0.4 is 9.47 Å². The number of fused-ring (bicyclic) bond motifs is 7. The van der Waals surface area contributed by atoms with E-state index in [2.05, 4.69) is 22.1 Å². The molecule has 3 saturated heterocycles. The third-order valence-electron chi connectivity index (χ3n) is 6.91. The molecule has 0 aliphatic carbocycles. The lowest BCUT2D eigenvalue weighted by Crippen LogP contribution is -2.46. The number of oxazole rings is 1. The first-order valence-electron chi connectivity index (χ1n) is 10.4. The fraction of sp³-hybridized carbons (Fsp3) is 0.348. The summed E-state index contributed by atoms with van der Waals surface area (Å²) in [5.74, 6) is 3.47. The fourth-order valence-electron chi connectivity index (χ4n) is 5.40. The van der Waals surface area contributed by atoms with E-state index in [1.807, 2.05) is 24.3 Å². The normalized spacial score (nSPS) is 24.5. The molecule has 6 heterocycles. The smallest absolute Gasteiger partial charge is 0.231 e. The predicted molar refractivity (Wildman–Crippen MR) is 117 cm³/mol. The number of rotatable bonds is 2. The molecule has 2 bridgehead atoms. The quantitative estimate of drug-likeness (QED) is 0.495. The fourth-order valence-corrected chi connectivity index (χ4v) is 5.40. The number of nitrogens with one attached hydrogen (secondary N) is 1. The average molecular weight is 424 g/mol. The first kappa shape index (κ1) is 18.1. The molecule has 0 amide bonds. The van der Waals surface area contributed by atoms with Crippen molar-refractivity contribution in [2.24, 2.45) is 5.92 Å². The van der Waals surface area contributed by atoms with Crippen LogP contribution in [-0.4, -0.2) is 41.3 Å². The average Bonchev–Trinajstić information content (AvgIpc) is 3.50. The molecule has 2 aromatic carbocycles. The minimum atomic E-state index is 0. The van der Waals surface area contributed by atoms with Gasteiger partial charge in [-0.1, -0.05) is 0 Å². The van der Waals surface area contributed by atoms with Crippen molar-refractivity contribution >= 4 is 34.4 Å². The molecule has 30 heavy (non-hydrogen) atoms. The van der Waals surface area contributed by atoms with Gasteiger partial charge in [0.1, 0.15) is 5.52 Å². The highest BCUT2D eigenvalue weighted by atomic mass is 35.5. The standard InChI is InChI=1S/C23H21N3O3.ClH/c1-3-18-20(28-12-27-18)9-14(1)23-25-22-19(29-23)4-2-17-21(22)15(10-24-17)16-11-26-7-5-13(16)6-8-26;/h1-4,9-10,13,16,24H,5-8,11-12H2;1H. The van der Waals surface area contributed by atoms with Crippen molar-refractivity contribution in [3.8, 4) is 23.0 Å². The van der Waals surface area contributed by atoms with Gasteiger partial charge in [0.05, 0.1) is 0 Å². The number of aromatic nitrogens is 2. The summed E-state index contributed by atoms with van der Waals surface area (Å²) in [4.78, 5) is 11.0. The maximum absolute atomic E-state index is 6.16. The Kier molecular flexibility index (Phi) is 4.01. The SMILES string of the molecule is Cl.c1cc2c(cc1-c1nc3c(ccc4[nH]cc(C5CN6CCC5CC6)c43)o1)OCO2. The molecule has 6 nitrogen and oxygen atoms in total. The summed E-state index contributed by atoms with van der Waals surface area (Å²) in [6.07, 6.45) is 4.80. The lowest BCUT2D eigenvalue weighted by atomic mass is 9.75. The highest BCUT2D eigenvalue weighted by Crippen LogP contribution is 2.43. The second-order valence-electron chi connectivity index (χ2n) is 8.41. The van der Waals surface area contributed by atoms with Crippen molar-refractivity contribution in [3.05, 3.63) is 42.1 Å². The number of nitrogens with zero attached hydrogens (tertiary/aromatic N) is 2. The van der Waals surface area contributed by atoms with Crippen molar-refractivity contribution < 1.29 is 13.9 Å². The third kappa shape index (κ3) is 2.57. The zero-order chi connectivity index (χ0) is 18.9. The number of ether oxygens (including phenoxy) is 2. The molecule has 4 aliphatic heterocycles. The molecule has 7 heteroatoms. The molecule has 4 aromatic rings. The van der Waals surface area contributed by atoms with E-state index in [0.29, 0.717) is 11.8 Å². The molecule has 154 valence electrons. The van der Waals surface area contributed by atoms with Gasteiger partial charge in [-0.15, -0.1) is 12.4 Å². The second kappa shape index (κ2) is 6.65. The molecular weight excluding hydrogens is 402 g/mol. The van der Waals surface area contributed by atoms with Gasteiger partial charge in [0.25, 0.3) is 0 Å². The van der Waals surface area contributed by atoms with Crippen molar-refractivity contribution in [1.29, 1.82) is 0 Å². The van der Waals surface area contributed by atoms with Gasteiger partial charge in [-0.3, -0.25) is 0 Å². The van der Waals surface area contributed by atoms with E-state index in [1.165, 1.54) is 36.9 Å². The van der Waals surface area contributed by atoms with Crippen LogP contribution in [0.4, 0.5) is 0 Å². The molecule has 3 fully saturated rings. The Morgan fingerprint density at radius 3 is 2.73 bits per heavy atom. The summed E-state index contributed by atoms with van der Waals surface area (Å²) >= 11 is 0. The minimum absolute atomic E-state index is 0. The number of benzene rings is 2. The minimum Gasteiger partial charge on any atom is -0.454 e. The van der Waals surface area contributed by atoms with Crippen molar-refractivity contribution in [3.63, 3.8) is 0 Å².